The molecule has 0 aliphatic heterocycles. The summed E-state index contributed by atoms with van der Waals surface area (Å²) in [6, 6.07) is 7.12. The summed E-state index contributed by atoms with van der Waals surface area (Å²) >= 11 is 0. The Kier molecular flexibility index (Phi) is 13.6. The molecule has 2 aromatic rings. The maximum absolute atomic E-state index is 2.44. The van der Waals surface area contributed by atoms with Gasteiger partial charge in [-0.2, -0.15) is 17.7 Å². The average molecular weight is 452 g/mol. The third-order valence-electron chi connectivity index (χ3n) is 5.22. The molecule has 0 fully saturated rings. The second-order valence-corrected chi connectivity index (χ2v) is 12.6. The van der Waals surface area contributed by atoms with Crippen molar-refractivity contribution >= 4 is 13.3 Å². The fourth-order valence-corrected chi connectivity index (χ4v) is 4.32. The Balaban J connectivity index is -0.00000121. The van der Waals surface area contributed by atoms with Gasteiger partial charge in [0.05, 0.1) is 0 Å². The Morgan fingerprint density at radius 3 is 1.52 bits per heavy atom. The summed E-state index contributed by atoms with van der Waals surface area (Å²) in [5.74, 6) is 0. The van der Waals surface area contributed by atoms with Gasteiger partial charge in [0.25, 0.3) is 0 Å². The van der Waals surface area contributed by atoms with Crippen LogP contribution < -0.4 is 42.4 Å². The molecule has 0 aromatic heterocycles. The van der Waals surface area contributed by atoms with Crippen LogP contribution in [0.25, 0.3) is 0 Å². The predicted octanol–water partition coefficient (Wildman–Crippen LogP) is -3.91. The van der Waals surface area contributed by atoms with Crippen molar-refractivity contribution < 1.29 is 58.9 Å². The molecule has 2 rings (SSSR count). The van der Waals surface area contributed by atoms with Gasteiger partial charge in [-0.25, -0.2) is 11.3 Å². The molecular weight excluding hydrogens is 423 g/mol. The van der Waals surface area contributed by atoms with Crippen LogP contribution in [-0.2, 0) is 28.1 Å². The molecule has 0 spiro atoms. The minimum atomic E-state index is -1.19. The van der Waals surface area contributed by atoms with Gasteiger partial charge in [0.1, 0.15) is 0 Å². The summed E-state index contributed by atoms with van der Waals surface area (Å²) in [5.41, 5.74) is 10.3. The molecular formula is C20H29Cl3SiTi. The topological polar surface area (TPSA) is 0 Å². The third kappa shape index (κ3) is 6.48. The SMILES string of the molecule is Cc1c(C)c(C)c(C[c-]2ccc([Si](C)(C)C)c2)c(C)c1C.[Cl-].[Cl-].[Cl-].[Ti+4]. The fraction of sp³-hybridized carbons (Fsp3) is 0.450. The van der Waals surface area contributed by atoms with Crippen molar-refractivity contribution in [2.45, 2.75) is 60.7 Å². The Morgan fingerprint density at radius 2 is 1.16 bits per heavy atom. The van der Waals surface area contributed by atoms with E-state index in [9.17, 15) is 0 Å². The second kappa shape index (κ2) is 11.3. The zero-order valence-electron chi connectivity index (χ0n) is 16.6. The van der Waals surface area contributed by atoms with Gasteiger partial charge in [0, 0.05) is 8.07 Å². The predicted molar refractivity (Wildman–Crippen MR) is 97.9 cm³/mol. The standard InChI is InChI=1S/C20H29Si.3ClH.Ti/c1-13-14(2)16(4)20(17(5)15(13)3)12-18-9-10-19(11-18)21(6,7)8;;;;/h9-11H,12H2,1-8H3;3*1H;/q-1;;;;+4/p-3. The van der Waals surface area contributed by atoms with Crippen molar-refractivity contribution in [3.8, 4) is 0 Å². The Hall–Kier alpha value is 0.371. The molecule has 0 bridgehead atoms. The van der Waals surface area contributed by atoms with Gasteiger partial charge in [0.2, 0.25) is 0 Å². The number of halogens is 3. The van der Waals surface area contributed by atoms with Crippen LogP contribution in [0.4, 0.5) is 0 Å². The van der Waals surface area contributed by atoms with Crippen molar-refractivity contribution in [2.75, 3.05) is 0 Å². The van der Waals surface area contributed by atoms with Crippen LogP contribution in [0.5, 0.6) is 0 Å². The second-order valence-electron chi connectivity index (χ2n) is 7.54. The molecule has 0 aliphatic rings. The van der Waals surface area contributed by atoms with Crippen molar-refractivity contribution in [1.29, 1.82) is 0 Å². The van der Waals surface area contributed by atoms with E-state index < -0.39 is 8.07 Å². The summed E-state index contributed by atoms with van der Waals surface area (Å²) in [5, 5.41) is 1.58. The first kappa shape index (κ1) is 30.1. The van der Waals surface area contributed by atoms with Gasteiger partial charge < -0.3 is 37.2 Å². The zero-order chi connectivity index (χ0) is 15.9. The van der Waals surface area contributed by atoms with Crippen LogP contribution in [0.1, 0.15) is 38.9 Å². The maximum atomic E-state index is 2.44. The summed E-state index contributed by atoms with van der Waals surface area (Å²) < 4.78 is 0. The molecule has 0 amide bonds. The van der Waals surface area contributed by atoms with Crippen molar-refractivity contribution in [3.63, 3.8) is 0 Å². The summed E-state index contributed by atoms with van der Waals surface area (Å²) in [6.07, 6.45) is 1.07. The molecule has 0 unspecified atom stereocenters. The molecule has 0 atom stereocenters. The minimum Gasteiger partial charge on any atom is -1.00 e. The van der Waals surface area contributed by atoms with Crippen molar-refractivity contribution in [2.24, 2.45) is 0 Å². The zero-order valence-corrected chi connectivity index (χ0v) is 21.4. The molecule has 2 aromatic carbocycles. The minimum absolute atomic E-state index is 0. The van der Waals surface area contributed by atoms with Crippen LogP contribution in [-0.4, -0.2) is 8.07 Å². The van der Waals surface area contributed by atoms with Crippen LogP contribution in [0, 0.1) is 34.6 Å². The fourth-order valence-electron chi connectivity index (χ4n) is 3.12. The van der Waals surface area contributed by atoms with Crippen LogP contribution in [0.3, 0.4) is 0 Å². The first-order valence-electron chi connectivity index (χ1n) is 7.95. The van der Waals surface area contributed by atoms with Gasteiger partial charge in [-0.3, -0.25) is 0 Å². The van der Waals surface area contributed by atoms with E-state index in [1.807, 2.05) is 0 Å². The number of hydrogen-bond donors (Lipinski definition) is 0. The average Bonchev–Trinajstić information content (AvgIpc) is 2.88. The summed E-state index contributed by atoms with van der Waals surface area (Å²) in [4.78, 5) is 0. The third-order valence-corrected chi connectivity index (χ3v) is 7.26. The molecule has 5 heteroatoms. The normalized spacial score (nSPS) is 10.1. The van der Waals surface area contributed by atoms with E-state index >= 15 is 0 Å². The van der Waals surface area contributed by atoms with E-state index in [0.29, 0.717) is 0 Å². The summed E-state index contributed by atoms with van der Waals surface area (Å²) in [6.45, 7) is 18.6. The van der Waals surface area contributed by atoms with Gasteiger partial charge in [-0.1, -0.05) is 19.6 Å². The summed E-state index contributed by atoms with van der Waals surface area (Å²) in [7, 11) is -1.19. The molecule has 25 heavy (non-hydrogen) atoms. The quantitative estimate of drug-likeness (QED) is 0.331. The number of rotatable bonds is 3. The first-order chi connectivity index (χ1) is 9.62. The van der Waals surface area contributed by atoms with Crippen molar-refractivity contribution in [3.05, 3.63) is 57.1 Å². The van der Waals surface area contributed by atoms with E-state index in [-0.39, 0.29) is 58.9 Å². The Morgan fingerprint density at radius 1 is 0.760 bits per heavy atom. The van der Waals surface area contributed by atoms with E-state index in [1.165, 1.54) is 38.9 Å². The molecule has 0 nitrogen and oxygen atoms in total. The first-order valence-corrected chi connectivity index (χ1v) is 11.4. The van der Waals surface area contributed by atoms with Gasteiger partial charge in [0.15, 0.2) is 0 Å². The van der Waals surface area contributed by atoms with E-state index in [2.05, 4.69) is 72.5 Å². The number of hydrogen-bond acceptors (Lipinski definition) is 0. The van der Waals surface area contributed by atoms with E-state index in [4.69, 9.17) is 0 Å². The monoisotopic (exact) mass is 450 g/mol. The van der Waals surface area contributed by atoms with Gasteiger partial charge in [-0.05, 0) is 74.4 Å². The number of benzene rings is 1. The van der Waals surface area contributed by atoms with Gasteiger partial charge in [-0.15, -0.1) is 0 Å². The molecule has 0 aliphatic carbocycles. The largest absolute Gasteiger partial charge is 4.00 e. The molecule has 0 N–H and O–H groups in total. The molecule has 138 valence electrons. The molecule has 0 saturated heterocycles. The maximum Gasteiger partial charge on any atom is 4.00 e. The van der Waals surface area contributed by atoms with Crippen LogP contribution in [0.2, 0.25) is 19.6 Å². The molecule has 0 saturated carbocycles. The molecule has 0 heterocycles. The van der Waals surface area contributed by atoms with Gasteiger partial charge >= 0.3 is 21.7 Å². The van der Waals surface area contributed by atoms with E-state index in [0.717, 1.165) is 6.42 Å². The molecule has 0 radical (unpaired) electrons. The Labute approximate surface area is 189 Å². The van der Waals surface area contributed by atoms with Crippen LogP contribution in [0.15, 0.2) is 18.2 Å². The van der Waals surface area contributed by atoms with E-state index in [1.54, 1.807) is 5.19 Å². The van der Waals surface area contributed by atoms with Crippen molar-refractivity contribution in [1.82, 2.24) is 0 Å². The smallest absolute Gasteiger partial charge is 1.00 e. The van der Waals surface area contributed by atoms with Crippen LogP contribution >= 0.6 is 0 Å². The Bertz CT molecular complexity index is 656.